The molecule has 2 heterocycles. The van der Waals surface area contributed by atoms with Crippen LogP contribution >= 0.6 is 0 Å². The Morgan fingerprint density at radius 3 is 3.00 bits per heavy atom. The minimum atomic E-state index is -0.131. The molecular formula is C12H16N4O. The fourth-order valence-electron chi connectivity index (χ4n) is 2.41. The molecule has 1 saturated heterocycles. The van der Waals surface area contributed by atoms with Crippen LogP contribution in [0.4, 0.5) is 11.5 Å². The van der Waals surface area contributed by atoms with E-state index >= 15 is 0 Å². The molecule has 1 aromatic heterocycles. The number of aromatic nitrogens is 1. The number of nitrogens with zero attached hydrogens (tertiary/aromatic N) is 2. The molecule has 1 aliphatic heterocycles. The summed E-state index contributed by atoms with van der Waals surface area (Å²) >= 11 is 0. The lowest BCUT2D eigenvalue weighted by Gasteiger charge is -2.21. The lowest BCUT2D eigenvalue weighted by atomic mass is 10.0. The molecule has 0 radical (unpaired) electrons. The number of hydrogen-bond acceptors (Lipinski definition) is 5. The summed E-state index contributed by atoms with van der Waals surface area (Å²) in [6, 6.07) is 5.91. The van der Waals surface area contributed by atoms with Crippen LogP contribution in [-0.4, -0.2) is 23.8 Å². The van der Waals surface area contributed by atoms with Crippen LogP contribution in [0.25, 0.3) is 11.0 Å². The number of benzene rings is 1. The SMILES string of the molecule is CC1(N)CCN(c2cccc3c(N)noc23)C1. The zero-order valence-corrected chi connectivity index (χ0v) is 9.81. The van der Waals surface area contributed by atoms with Crippen molar-refractivity contribution in [1.82, 2.24) is 5.16 Å². The molecule has 0 saturated carbocycles. The second-order valence-corrected chi connectivity index (χ2v) is 5.05. The normalized spacial score (nSPS) is 24.7. The molecule has 4 N–H and O–H groups in total. The predicted octanol–water partition coefficient (Wildman–Crippen LogP) is 1.34. The molecule has 5 heteroatoms. The number of para-hydroxylation sites is 1. The van der Waals surface area contributed by atoms with Crippen molar-refractivity contribution in [3.63, 3.8) is 0 Å². The van der Waals surface area contributed by atoms with Crippen LogP contribution in [0.15, 0.2) is 22.7 Å². The van der Waals surface area contributed by atoms with Gasteiger partial charge in [-0.3, -0.25) is 0 Å². The smallest absolute Gasteiger partial charge is 0.192 e. The fourth-order valence-corrected chi connectivity index (χ4v) is 2.41. The first kappa shape index (κ1) is 10.4. The number of nitrogens with two attached hydrogens (primary N) is 2. The highest BCUT2D eigenvalue weighted by Gasteiger charge is 2.31. The average Bonchev–Trinajstić information content (AvgIpc) is 2.83. The third-order valence-corrected chi connectivity index (χ3v) is 3.35. The van der Waals surface area contributed by atoms with Crippen LogP contribution in [0, 0.1) is 0 Å². The van der Waals surface area contributed by atoms with E-state index in [-0.39, 0.29) is 5.54 Å². The van der Waals surface area contributed by atoms with Gasteiger partial charge in [-0.2, -0.15) is 0 Å². The van der Waals surface area contributed by atoms with Crippen molar-refractivity contribution in [3.8, 4) is 0 Å². The van der Waals surface area contributed by atoms with Crippen LogP contribution in [-0.2, 0) is 0 Å². The van der Waals surface area contributed by atoms with Crippen molar-refractivity contribution in [3.05, 3.63) is 18.2 Å². The van der Waals surface area contributed by atoms with Gasteiger partial charge in [0.2, 0.25) is 0 Å². The largest absolute Gasteiger partial charge is 0.380 e. The predicted molar refractivity (Wildman–Crippen MR) is 67.8 cm³/mol. The average molecular weight is 232 g/mol. The van der Waals surface area contributed by atoms with Crippen molar-refractivity contribution < 1.29 is 4.52 Å². The maximum absolute atomic E-state index is 6.14. The Labute approximate surface area is 99.3 Å². The van der Waals surface area contributed by atoms with Gasteiger partial charge in [-0.15, -0.1) is 0 Å². The van der Waals surface area contributed by atoms with Gasteiger partial charge in [0.05, 0.1) is 11.1 Å². The van der Waals surface area contributed by atoms with Crippen molar-refractivity contribution in [2.24, 2.45) is 5.73 Å². The quantitative estimate of drug-likeness (QED) is 0.775. The first-order valence-corrected chi connectivity index (χ1v) is 5.74. The van der Waals surface area contributed by atoms with E-state index in [4.69, 9.17) is 16.0 Å². The van der Waals surface area contributed by atoms with Gasteiger partial charge in [0.1, 0.15) is 0 Å². The molecule has 1 atom stereocenters. The maximum atomic E-state index is 6.14. The van der Waals surface area contributed by atoms with E-state index in [1.165, 1.54) is 0 Å². The van der Waals surface area contributed by atoms with Gasteiger partial charge in [-0.05, 0) is 25.5 Å². The van der Waals surface area contributed by atoms with Gasteiger partial charge in [0, 0.05) is 18.6 Å². The van der Waals surface area contributed by atoms with Crippen LogP contribution in [0.3, 0.4) is 0 Å². The van der Waals surface area contributed by atoms with Crippen LogP contribution < -0.4 is 16.4 Å². The third-order valence-electron chi connectivity index (χ3n) is 3.35. The Morgan fingerprint density at radius 1 is 1.47 bits per heavy atom. The summed E-state index contributed by atoms with van der Waals surface area (Å²) in [6.45, 7) is 3.83. The molecule has 0 aliphatic carbocycles. The highest BCUT2D eigenvalue weighted by Crippen LogP contribution is 2.33. The highest BCUT2D eigenvalue weighted by molar-refractivity contribution is 5.95. The summed E-state index contributed by atoms with van der Waals surface area (Å²) in [6.07, 6.45) is 0.979. The van der Waals surface area contributed by atoms with Gasteiger partial charge in [-0.1, -0.05) is 11.2 Å². The molecule has 0 amide bonds. The molecule has 90 valence electrons. The maximum Gasteiger partial charge on any atom is 0.192 e. The zero-order valence-electron chi connectivity index (χ0n) is 9.81. The molecule has 1 unspecified atom stereocenters. The first-order valence-electron chi connectivity index (χ1n) is 5.74. The molecule has 2 aromatic rings. The molecule has 17 heavy (non-hydrogen) atoms. The number of nitrogen functional groups attached to an aromatic ring is 1. The third kappa shape index (κ3) is 1.63. The molecule has 1 aromatic carbocycles. The summed E-state index contributed by atoms with van der Waals surface area (Å²) in [7, 11) is 0. The number of rotatable bonds is 1. The van der Waals surface area contributed by atoms with E-state index in [0.717, 1.165) is 36.2 Å². The molecule has 0 spiro atoms. The van der Waals surface area contributed by atoms with Gasteiger partial charge in [-0.25, -0.2) is 0 Å². The Morgan fingerprint density at radius 2 is 2.29 bits per heavy atom. The first-order chi connectivity index (χ1) is 8.07. The summed E-state index contributed by atoms with van der Waals surface area (Å²) in [4.78, 5) is 2.23. The van der Waals surface area contributed by atoms with Crippen molar-refractivity contribution in [2.75, 3.05) is 23.7 Å². The lowest BCUT2D eigenvalue weighted by molar-refractivity contribution is 0.460. The van der Waals surface area contributed by atoms with Gasteiger partial charge in [0.25, 0.3) is 0 Å². The van der Waals surface area contributed by atoms with Gasteiger partial charge >= 0.3 is 0 Å². The molecule has 3 rings (SSSR count). The van der Waals surface area contributed by atoms with Crippen molar-refractivity contribution in [2.45, 2.75) is 18.9 Å². The van der Waals surface area contributed by atoms with E-state index in [9.17, 15) is 0 Å². The molecular weight excluding hydrogens is 216 g/mol. The minimum absolute atomic E-state index is 0.131. The Kier molecular flexibility index (Phi) is 2.06. The Bertz CT molecular complexity index is 561. The lowest BCUT2D eigenvalue weighted by Crippen LogP contribution is -2.39. The summed E-state index contributed by atoms with van der Waals surface area (Å²) in [5.41, 5.74) is 13.5. The van der Waals surface area contributed by atoms with Crippen molar-refractivity contribution in [1.29, 1.82) is 0 Å². The Hall–Kier alpha value is -1.75. The molecule has 0 bridgehead atoms. The van der Waals surface area contributed by atoms with E-state index < -0.39 is 0 Å². The fraction of sp³-hybridized carbons (Fsp3) is 0.417. The second kappa shape index (κ2) is 3.37. The monoisotopic (exact) mass is 232 g/mol. The topological polar surface area (TPSA) is 81.3 Å². The number of fused-ring (bicyclic) bond motifs is 1. The summed E-state index contributed by atoms with van der Waals surface area (Å²) < 4.78 is 5.30. The Balaban J connectivity index is 2.06. The molecule has 1 aliphatic rings. The number of hydrogen-bond donors (Lipinski definition) is 2. The standard InChI is InChI=1S/C12H16N4O/c1-12(14)5-6-16(7-12)9-4-2-3-8-10(9)17-15-11(8)13/h2-4H,5-7,14H2,1H3,(H2,13,15). The molecule has 5 nitrogen and oxygen atoms in total. The van der Waals surface area contributed by atoms with E-state index in [0.29, 0.717) is 5.82 Å². The van der Waals surface area contributed by atoms with E-state index in [1.54, 1.807) is 0 Å². The van der Waals surface area contributed by atoms with Gasteiger partial charge in [0.15, 0.2) is 11.4 Å². The summed E-state index contributed by atoms with van der Waals surface area (Å²) in [5, 5.41) is 4.68. The second-order valence-electron chi connectivity index (χ2n) is 5.05. The number of anilines is 2. The van der Waals surface area contributed by atoms with Crippen LogP contribution in [0.5, 0.6) is 0 Å². The molecule has 1 fully saturated rings. The van der Waals surface area contributed by atoms with Crippen LogP contribution in [0.2, 0.25) is 0 Å². The summed E-state index contributed by atoms with van der Waals surface area (Å²) in [5.74, 6) is 0.441. The van der Waals surface area contributed by atoms with E-state index in [2.05, 4.69) is 17.0 Å². The van der Waals surface area contributed by atoms with E-state index in [1.807, 2.05) is 18.2 Å². The zero-order chi connectivity index (χ0) is 12.0. The van der Waals surface area contributed by atoms with Crippen LogP contribution in [0.1, 0.15) is 13.3 Å². The van der Waals surface area contributed by atoms with Crippen molar-refractivity contribution >= 4 is 22.5 Å². The van der Waals surface area contributed by atoms with Gasteiger partial charge < -0.3 is 20.9 Å². The highest BCUT2D eigenvalue weighted by atomic mass is 16.5. The minimum Gasteiger partial charge on any atom is -0.380 e.